The largest absolute Gasteiger partial charge is 0.492 e. The zero-order chi connectivity index (χ0) is 15.7. The number of nitrogen functional groups attached to an aromatic ring is 1. The van der Waals surface area contributed by atoms with Gasteiger partial charge in [0.25, 0.3) is 0 Å². The number of nitrogens with two attached hydrogens (primary N) is 1. The molecule has 1 aromatic rings. The van der Waals surface area contributed by atoms with Gasteiger partial charge in [0.05, 0.1) is 12.4 Å². The lowest BCUT2D eigenvalue weighted by Crippen LogP contribution is -2.30. The van der Waals surface area contributed by atoms with Gasteiger partial charge in [0, 0.05) is 18.5 Å². The minimum atomic E-state index is -3.87. The highest BCUT2D eigenvalue weighted by molar-refractivity contribution is 7.91. The van der Waals surface area contributed by atoms with Crippen molar-refractivity contribution < 1.29 is 21.6 Å². The molecule has 0 saturated heterocycles. The number of rotatable bonds is 5. The molecule has 9 heteroatoms. The average molecular weight is 334 g/mol. The SMILES string of the molecule is CS(=O)(=O)CCNS(=O)(=O)c1cc(N)cc2c1OCCC2. The summed E-state index contributed by atoms with van der Waals surface area (Å²) in [6, 6.07) is 3.02. The summed E-state index contributed by atoms with van der Waals surface area (Å²) in [5.74, 6) is 0.0414. The van der Waals surface area contributed by atoms with E-state index in [1.807, 2.05) is 0 Å². The van der Waals surface area contributed by atoms with E-state index in [9.17, 15) is 16.8 Å². The molecule has 1 heterocycles. The summed E-state index contributed by atoms with van der Waals surface area (Å²) in [5.41, 5.74) is 6.82. The quantitative estimate of drug-likeness (QED) is 0.728. The second kappa shape index (κ2) is 5.82. The van der Waals surface area contributed by atoms with Crippen LogP contribution in [0.15, 0.2) is 17.0 Å². The van der Waals surface area contributed by atoms with Gasteiger partial charge in [-0.2, -0.15) is 0 Å². The fraction of sp³-hybridized carbons (Fsp3) is 0.500. The third-order valence-corrected chi connectivity index (χ3v) is 5.46. The number of benzene rings is 1. The van der Waals surface area contributed by atoms with Crippen LogP contribution in [-0.2, 0) is 26.3 Å². The van der Waals surface area contributed by atoms with Crippen LogP contribution in [0.5, 0.6) is 5.75 Å². The van der Waals surface area contributed by atoms with Crippen molar-refractivity contribution in [3.05, 3.63) is 17.7 Å². The van der Waals surface area contributed by atoms with E-state index >= 15 is 0 Å². The van der Waals surface area contributed by atoms with Gasteiger partial charge in [-0.3, -0.25) is 0 Å². The number of ether oxygens (including phenoxy) is 1. The van der Waals surface area contributed by atoms with Crippen molar-refractivity contribution in [2.45, 2.75) is 17.7 Å². The van der Waals surface area contributed by atoms with E-state index in [1.54, 1.807) is 6.07 Å². The molecule has 0 aliphatic carbocycles. The zero-order valence-corrected chi connectivity index (χ0v) is 13.3. The second-order valence-electron chi connectivity index (χ2n) is 4.99. The first-order valence-corrected chi connectivity index (χ1v) is 9.96. The van der Waals surface area contributed by atoms with Crippen molar-refractivity contribution in [3.8, 4) is 5.75 Å². The van der Waals surface area contributed by atoms with E-state index in [2.05, 4.69) is 4.72 Å². The van der Waals surface area contributed by atoms with Gasteiger partial charge < -0.3 is 10.5 Å². The van der Waals surface area contributed by atoms with Gasteiger partial charge in [0.1, 0.15) is 20.5 Å². The molecular weight excluding hydrogens is 316 g/mol. The highest BCUT2D eigenvalue weighted by Gasteiger charge is 2.25. The highest BCUT2D eigenvalue weighted by Crippen LogP contribution is 2.34. The normalized spacial score (nSPS) is 15.3. The molecule has 21 heavy (non-hydrogen) atoms. The third kappa shape index (κ3) is 4.08. The van der Waals surface area contributed by atoms with Crippen molar-refractivity contribution in [3.63, 3.8) is 0 Å². The lowest BCUT2D eigenvalue weighted by molar-refractivity contribution is 0.280. The van der Waals surface area contributed by atoms with Crippen molar-refractivity contribution in [2.75, 3.05) is 30.9 Å². The van der Waals surface area contributed by atoms with Crippen molar-refractivity contribution in [1.29, 1.82) is 0 Å². The fourth-order valence-corrected chi connectivity index (χ4v) is 3.96. The van der Waals surface area contributed by atoms with Gasteiger partial charge >= 0.3 is 0 Å². The lowest BCUT2D eigenvalue weighted by Gasteiger charge is -2.21. The molecule has 0 fully saturated rings. The number of nitrogens with one attached hydrogen (secondary N) is 1. The molecule has 0 amide bonds. The van der Waals surface area contributed by atoms with E-state index in [0.717, 1.165) is 18.2 Å². The van der Waals surface area contributed by atoms with Crippen LogP contribution in [-0.4, -0.2) is 42.0 Å². The molecule has 0 saturated carbocycles. The molecule has 7 nitrogen and oxygen atoms in total. The predicted molar refractivity (Wildman–Crippen MR) is 79.6 cm³/mol. The molecule has 1 aliphatic heterocycles. The Morgan fingerprint density at radius 2 is 2.00 bits per heavy atom. The Bertz CT molecular complexity index is 741. The molecule has 0 spiro atoms. The van der Waals surface area contributed by atoms with E-state index in [0.29, 0.717) is 24.5 Å². The van der Waals surface area contributed by atoms with Gasteiger partial charge in [-0.1, -0.05) is 0 Å². The number of sulfonamides is 1. The number of hydrogen-bond acceptors (Lipinski definition) is 6. The Kier molecular flexibility index (Phi) is 4.45. The molecule has 0 bridgehead atoms. The van der Waals surface area contributed by atoms with Crippen LogP contribution < -0.4 is 15.2 Å². The van der Waals surface area contributed by atoms with Gasteiger partial charge in [-0.05, 0) is 30.5 Å². The van der Waals surface area contributed by atoms with Crippen LogP contribution in [0.1, 0.15) is 12.0 Å². The molecule has 118 valence electrons. The van der Waals surface area contributed by atoms with Gasteiger partial charge in [0.2, 0.25) is 10.0 Å². The van der Waals surface area contributed by atoms with Gasteiger partial charge in [-0.25, -0.2) is 21.6 Å². The molecule has 1 aliphatic rings. The van der Waals surface area contributed by atoms with Crippen LogP contribution in [0, 0.1) is 0 Å². The highest BCUT2D eigenvalue weighted by atomic mass is 32.2. The zero-order valence-electron chi connectivity index (χ0n) is 11.6. The van der Waals surface area contributed by atoms with Crippen LogP contribution in [0.3, 0.4) is 0 Å². The molecule has 2 rings (SSSR count). The minimum Gasteiger partial charge on any atom is -0.492 e. The summed E-state index contributed by atoms with van der Waals surface area (Å²) in [7, 11) is -7.10. The molecule has 0 aromatic heterocycles. The van der Waals surface area contributed by atoms with Gasteiger partial charge in [-0.15, -0.1) is 0 Å². The summed E-state index contributed by atoms with van der Waals surface area (Å²) in [4.78, 5) is -0.0364. The van der Waals surface area contributed by atoms with E-state index in [1.165, 1.54) is 6.07 Å². The second-order valence-corrected chi connectivity index (χ2v) is 8.98. The Hall–Kier alpha value is -1.32. The summed E-state index contributed by atoms with van der Waals surface area (Å²) in [6.45, 7) is 0.257. The Labute approximate surface area is 124 Å². The summed E-state index contributed by atoms with van der Waals surface area (Å²) in [5, 5.41) is 0. The molecular formula is C12H18N2O5S2. The Balaban J connectivity index is 2.29. The number of fused-ring (bicyclic) bond motifs is 1. The summed E-state index contributed by atoms with van der Waals surface area (Å²) >= 11 is 0. The maximum atomic E-state index is 12.3. The smallest absolute Gasteiger partial charge is 0.244 e. The van der Waals surface area contributed by atoms with E-state index in [-0.39, 0.29) is 17.2 Å². The topological polar surface area (TPSA) is 116 Å². The first kappa shape index (κ1) is 16.1. The lowest BCUT2D eigenvalue weighted by atomic mass is 10.1. The van der Waals surface area contributed by atoms with E-state index in [4.69, 9.17) is 10.5 Å². The van der Waals surface area contributed by atoms with Gasteiger partial charge in [0.15, 0.2) is 0 Å². The van der Waals surface area contributed by atoms with Crippen molar-refractivity contribution in [1.82, 2.24) is 4.72 Å². The number of sulfone groups is 1. The number of hydrogen-bond donors (Lipinski definition) is 2. The first-order valence-electron chi connectivity index (χ1n) is 6.42. The Morgan fingerprint density at radius 3 is 2.67 bits per heavy atom. The van der Waals surface area contributed by atoms with Crippen molar-refractivity contribution in [2.24, 2.45) is 0 Å². The maximum absolute atomic E-state index is 12.3. The Morgan fingerprint density at radius 1 is 1.29 bits per heavy atom. The first-order chi connectivity index (χ1) is 9.69. The van der Waals surface area contributed by atoms with Crippen LogP contribution in [0.4, 0.5) is 5.69 Å². The number of anilines is 1. The standard InChI is InChI=1S/C12H18N2O5S2/c1-20(15,16)6-4-14-21(17,18)11-8-10(13)7-9-3-2-5-19-12(9)11/h7-8,14H,2-6,13H2,1H3. The fourth-order valence-electron chi connectivity index (χ4n) is 2.11. The molecule has 3 N–H and O–H groups in total. The predicted octanol–water partition coefficient (Wildman–Crippen LogP) is -0.0833. The van der Waals surface area contributed by atoms with Crippen LogP contribution in [0.2, 0.25) is 0 Å². The van der Waals surface area contributed by atoms with Crippen LogP contribution >= 0.6 is 0 Å². The monoisotopic (exact) mass is 334 g/mol. The maximum Gasteiger partial charge on any atom is 0.244 e. The molecule has 0 unspecified atom stereocenters. The van der Waals surface area contributed by atoms with Crippen LogP contribution in [0.25, 0.3) is 0 Å². The van der Waals surface area contributed by atoms with E-state index < -0.39 is 19.9 Å². The molecule has 0 atom stereocenters. The van der Waals surface area contributed by atoms with Crippen molar-refractivity contribution >= 4 is 25.5 Å². The number of aryl methyl sites for hydroxylation is 1. The third-order valence-electron chi connectivity index (χ3n) is 3.05. The summed E-state index contributed by atoms with van der Waals surface area (Å²) in [6.07, 6.45) is 2.55. The molecule has 1 aromatic carbocycles. The summed E-state index contributed by atoms with van der Waals surface area (Å²) < 4.78 is 54.4. The average Bonchev–Trinajstić information content (AvgIpc) is 2.35. The minimum absolute atomic E-state index is 0.0364. The molecule has 0 radical (unpaired) electrons.